The van der Waals surface area contributed by atoms with E-state index in [1.165, 1.54) is 13.1 Å². The minimum atomic E-state index is -4.61. The lowest BCUT2D eigenvalue weighted by molar-refractivity contribution is 0.0536. The lowest BCUT2D eigenvalue weighted by Crippen LogP contribution is -2.34. The van der Waals surface area contributed by atoms with Gasteiger partial charge < -0.3 is 14.2 Å². The summed E-state index contributed by atoms with van der Waals surface area (Å²) < 4.78 is 88.5. The average molecular weight is 596 g/mol. The molecule has 0 fully saturated rings. The molecule has 16 heteroatoms. The number of nitrogens with zero attached hydrogens (tertiary/aromatic N) is 4. The standard InChI is InChI=1S/C25H24F3N5O7S/c1-25(2,3)40-24(35)33-21-18(32(4)23(33)34)9-14(11-29-21)39-12-15-16(27)6-7-17(20(15)28)31-41(36,37)19-8-13(26)10-30-22(19)38-5/h6-11,31H,12H2,1-5H3. The van der Waals surface area contributed by atoms with Gasteiger partial charge >= 0.3 is 11.8 Å². The number of carbonyl (C=O) groups is 1. The van der Waals surface area contributed by atoms with Gasteiger partial charge in [-0.05, 0) is 32.9 Å². The lowest BCUT2D eigenvalue weighted by Gasteiger charge is -2.19. The van der Waals surface area contributed by atoms with Crippen LogP contribution in [-0.4, -0.2) is 46.3 Å². The van der Waals surface area contributed by atoms with Gasteiger partial charge in [-0.15, -0.1) is 0 Å². The quantitative estimate of drug-likeness (QED) is 0.338. The number of aromatic nitrogens is 4. The number of nitrogens with one attached hydrogen (secondary N) is 1. The molecule has 0 bridgehead atoms. The molecule has 0 saturated carbocycles. The van der Waals surface area contributed by atoms with Gasteiger partial charge in [0.15, 0.2) is 16.4 Å². The molecule has 3 heterocycles. The Morgan fingerprint density at radius 3 is 2.46 bits per heavy atom. The summed E-state index contributed by atoms with van der Waals surface area (Å²) in [6, 6.07) is 3.61. The lowest BCUT2D eigenvalue weighted by atomic mass is 10.2. The monoisotopic (exact) mass is 595 g/mol. The summed E-state index contributed by atoms with van der Waals surface area (Å²) in [7, 11) is -2.11. The number of benzene rings is 1. The van der Waals surface area contributed by atoms with Crippen LogP contribution >= 0.6 is 0 Å². The molecule has 0 aliphatic rings. The number of aryl methyl sites for hydroxylation is 1. The van der Waals surface area contributed by atoms with Crippen LogP contribution in [0.3, 0.4) is 0 Å². The summed E-state index contributed by atoms with van der Waals surface area (Å²) in [5.74, 6) is -3.79. The Kier molecular flexibility index (Phi) is 7.71. The van der Waals surface area contributed by atoms with Gasteiger partial charge in [0, 0.05) is 19.2 Å². The molecule has 0 aliphatic carbocycles. The van der Waals surface area contributed by atoms with Crippen LogP contribution in [0.25, 0.3) is 11.2 Å². The maximum Gasteiger partial charge on any atom is 0.424 e. The molecule has 218 valence electrons. The molecule has 0 atom stereocenters. The van der Waals surface area contributed by atoms with Gasteiger partial charge in [0.05, 0.1) is 36.3 Å². The van der Waals surface area contributed by atoms with Crippen molar-refractivity contribution in [2.45, 2.75) is 37.9 Å². The number of fused-ring (bicyclic) bond motifs is 1. The van der Waals surface area contributed by atoms with Gasteiger partial charge in [0.1, 0.15) is 29.6 Å². The second kappa shape index (κ2) is 10.8. The minimum absolute atomic E-state index is 0.0187. The first-order chi connectivity index (χ1) is 19.1. The molecule has 0 radical (unpaired) electrons. The highest BCUT2D eigenvalue weighted by Crippen LogP contribution is 2.28. The Labute approximate surface area is 231 Å². The first kappa shape index (κ1) is 29.4. The first-order valence-corrected chi connectivity index (χ1v) is 13.2. The van der Waals surface area contributed by atoms with E-state index >= 15 is 4.39 Å². The van der Waals surface area contributed by atoms with Crippen LogP contribution in [-0.2, 0) is 28.4 Å². The zero-order valence-corrected chi connectivity index (χ0v) is 23.2. The number of sulfonamides is 1. The van der Waals surface area contributed by atoms with Crippen molar-refractivity contribution in [3.05, 3.63) is 70.2 Å². The molecule has 4 rings (SSSR count). The van der Waals surface area contributed by atoms with Crippen molar-refractivity contribution in [1.82, 2.24) is 19.1 Å². The molecule has 4 aromatic rings. The van der Waals surface area contributed by atoms with Gasteiger partial charge in [-0.25, -0.2) is 41.1 Å². The summed E-state index contributed by atoms with van der Waals surface area (Å²) in [6.45, 7) is 4.18. The van der Waals surface area contributed by atoms with E-state index in [1.54, 1.807) is 20.8 Å². The van der Waals surface area contributed by atoms with Crippen LogP contribution in [0.2, 0.25) is 0 Å². The van der Waals surface area contributed by atoms with E-state index in [0.29, 0.717) is 6.07 Å². The zero-order chi connectivity index (χ0) is 30.3. The van der Waals surface area contributed by atoms with E-state index in [2.05, 4.69) is 9.97 Å². The Balaban J connectivity index is 1.61. The molecule has 12 nitrogen and oxygen atoms in total. The van der Waals surface area contributed by atoms with Crippen LogP contribution in [0.5, 0.6) is 11.6 Å². The summed E-state index contributed by atoms with van der Waals surface area (Å²) in [5, 5.41) is 0. The molecule has 1 aromatic carbocycles. The smallest absolute Gasteiger partial charge is 0.424 e. The normalized spacial score (nSPS) is 11.9. The van der Waals surface area contributed by atoms with Gasteiger partial charge in [-0.3, -0.25) is 9.29 Å². The molecule has 0 spiro atoms. The van der Waals surface area contributed by atoms with Gasteiger partial charge in [0.2, 0.25) is 5.88 Å². The van der Waals surface area contributed by atoms with E-state index in [1.807, 2.05) is 4.72 Å². The number of pyridine rings is 2. The number of carbonyl (C=O) groups excluding carboxylic acids is 1. The van der Waals surface area contributed by atoms with Crippen molar-refractivity contribution >= 4 is 33.0 Å². The van der Waals surface area contributed by atoms with E-state index in [4.69, 9.17) is 14.2 Å². The SMILES string of the molecule is COc1ncc(F)cc1S(=O)(=O)Nc1ccc(F)c(COc2cnc3c(c2)n(C)c(=O)n3C(=O)OC(C)(C)C)c1F. The molecule has 3 aromatic heterocycles. The summed E-state index contributed by atoms with van der Waals surface area (Å²) in [4.78, 5) is 32.1. The number of ether oxygens (including phenoxy) is 3. The van der Waals surface area contributed by atoms with Crippen molar-refractivity contribution in [2.24, 2.45) is 7.05 Å². The fourth-order valence-electron chi connectivity index (χ4n) is 3.66. The second-order valence-corrected chi connectivity index (χ2v) is 11.3. The third-order valence-electron chi connectivity index (χ3n) is 5.53. The van der Waals surface area contributed by atoms with Crippen LogP contribution in [0.1, 0.15) is 26.3 Å². The van der Waals surface area contributed by atoms with Crippen LogP contribution in [0.15, 0.2) is 46.3 Å². The van der Waals surface area contributed by atoms with E-state index in [9.17, 15) is 26.8 Å². The molecule has 0 amide bonds. The van der Waals surface area contributed by atoms with Crippen molar-refractivity contribution in [3.63, 3.8) is 0 Å². The number of hydrogen-bond acceptors (Lipinski definition) is 9. The largest absolute Gasteiger partial charge is 0.487 e. The van der Waals surface area contributed by atoms with Crippen LogP contribution in [0, 0.1) is 17.5 Å². The maximum atomic E-state index is 15.3. The van der Waals surface area contributed by atoms with Crippen molar-refractivity contribution in [2.75, 3.05) is 11.8 Å². The molecular weight excluding hydrogens is 571 g/mol. The maximum absolute atomic E-state index is 15.3. The Morgan fingerprint density at radius 1 is 1.10 bits per heavy atom. The Hall–Kier alpha value is -4.60. The molecule has 1 N–H and O–H groups in total. The molecule has 0 aliphatic heterocycles. The highest BCUT2D eigenvalue weighted by Gasteiger charge is 2.26. The number of anilines is 1. The summed E-state index contributed by atoms with van der Waals surface area (Å²) in [5.41, 5.74) is -2.77. The third-order valence-corrected chi connectivity index (χ3v) is 6.89. The molecule has 0 saturated heterocycles. The third kappa shape index (κ3) is 5.96. The number of methoxy groups -OCH3 is 1. The fourth-order valence-corrected chi connectivity index (χ4v) is 4.85. The van der Waals surface area contributed by atoms with Crippen LogP contribution in [0.4, 0.5) is 23.7 Å². The highest BCUT2D eigenvalue weighted by atomic mass is 32.2. The predicted molar refractivity (Wildman–Crippen MR) is 139 cm³/mol. The number of rotatable bonds is 7. The van der Waals surface area contributed by atoms with Crippen molar-refractivity contribution in [3.8, 4) is 11.6 Å². The van der Waals surface area contributed by atoms with Gasteiger partial charge in [0.25, 0.3) is 10.0 Å². The summed E-state index contributed by atoms with van der Waals surface area (Å²) >= 11 is 0. The average Bonchev–Trinajstić information content (AvgIpc) is 3.14. The van der Waals surface area contributed by atoms with E-state index in [-0.39, 0.29) is 16.9 Å². The van der Waals surface area contributed by atoms with Crippen LogP contribution < -0.4 is 19.9 Å². The first-order valence-electron chi connectivity index (χ1n) is 11.8. The zero-order valence-electron chi connectivity index (χ0n) is 22.4. The molecule has 41 heavy (non-hydrogen) atoms. The Morgan fingerprint density at radius 2 is 1.80 bits per heavy atom. The fraction of sp³-hybridized carbons (Fsp3) is 0.280. The van der Waals surface area contributed by atoms with Crippen molar-refractivity contribution < 1.29 is 40.6 Å². The molecule has 0 unspecified atom stereocenters. The van der Waals surface area contributed by atoms with Crippen molar-refractivity contribution in [1.29, 1.82) is 0 Å². The van der Waals surface area contributed by atoms with E-state index < -0.39 is 73.5 Å². The number of imidazole rings is 1. The van der Waals surface area contributed by atoms with E-state index in [0.717, 1.165) is 40.8 Å². The number of hydrogen-bond donors (Lipinski definition) is 1. The number of halogens is 3. The second-order valence-electron chi connectivity index (χ2n) is 9.61. The topological polar surface area (TPSA) is 144 Å². The summed E-state index contributed by atoms with van der Waals surface area (Å²) in [6.07, 6.45) is 0.931. The minimum Gasteiger partial charge on any atom is -0.487 e. The van der Waals surface area contributed by atoms with Gasteiger partial charge in [-0.1, -0.05) is 0 Å². The van der Waals surface area contributed by atoms with Gasteiger partial charge in [-0.2, -0.15) is 4.57 Å². The molecular formula is C25H24F3N5O7S. The predicted octanol–water partition coefficient (Wildman–Crippen LogP) is 3.72. The Bertz CT molecular complexity index is 1830. The highest BCUT2D eigenvalue weighted by molar-refractivity contribution is 7.92.